The minimum Gasteiger partial charge on any atom is -0.339 e. The van der Waals surface area contributed by atoms with Gasteiger partial charge in [-0.15, -0.1) is 22.7 Å². The Balaban J connectivity index is 1.37. The lowest BCUT2D eigenvalue weighted by atomic mass is 10.1. The number of amides is 1. The van der Waals surface area contributed by atoms with Crippen LogP contribution in [0.2, 0.25) is 0 Å². The van der Waals surface area contributed by atoms with Crippen LogP contribution in [0.3, 0.4) is 0 Å². The number of thiazole rings is 1. The van der Waals surface area contributed by atoms with Crippen molar-refractivity contribution in [2.45, 2.75) is 6.42 Å². The first-order valence-corrected chi connectivity index (χ1v) is 10.6. The van der Waals surface area contributed by atoms with E-state index in [1.54, 1.807) is 11.3 Å². The van der Waals surface area contributed by atoms with Crippen LogP contribution in [0.25, 0.3) is 20.9 Å². The zero-order valence-electron chi connectivity index (χ0n) is 15.0. The zero-order valence-corrected chi connectivity index (χ0v) is 16.7. The molecule has 5 aromatic rings. The van der Waals surface area contributed by atoms with E-state index in [-0.39, 0.29) is 5.91 Å². The number of hydrogen-bond acceptors (Lipinski definition) is 7. The molecule has 0 atom stereocenters. The molecule has 3 aromatic heterocycles. The number of benzene rings is 2. The number of fused-ring (bicyclic) bond motifs is 1. The summed E-state index contributed by atoms with van der Waals surface area (Å²) >= 11 is 2.93. The van der Waals surface area contributed by atoms with Crippen molar-refractivity contribution in [3.05, 3.63) is 82.5 Å². The molecule has 29 heavy (non-hydrogen) atoms. The van der Waals surface area contributed by atoms with E-state index in [0.29, 0.717) is 28.8 Å². The Morgan fingerprint density at radius 3 is 2.72 bits per heavy atom. The average Bonchev–Trinajstić information content (AvgIpc) is 3.49. The third-order valence-electron chi connectivity index (χ3n) is 4.31. The number of thiophene rings is 1. The van der Waals surface area contributed by atoms with E-state index >= 15 is 0 Å². The molecular weight excluding hydrogens is 404 g/mol. The van der Waals surface area contributed by atoms with Gasteiger partial charge in [-0.25, -0.2) is 4.98 Å². The Bertz CT molecular complexity index is 1260. The predicted octanol–water partition coefficient (Wildman–Crippen LogP) is 5.25. The van der Waals surface area contributed by atoms with Crippen molar-refractivity contribution in [2.75, 3.05) is 5.32 Å². The zero-order chi connectivity index (χ0) is 19.6. The lowest BCUT2D eigenvalue weighted by Gasteiger charge is -2.08. The first-order chi connectivity index (χ1) is 14.3. The van der Waals surface area contributed by atoms with Crippen molar-refractivity contribution in [2.24, 2.45) is 0 Å². The van der Waals surface area contributed by atoms with E-state index in [4.69, 9.17) is 4.52 Å². The van der Waals surface area contributed by atoms with Crippen LogP contribution >= 0.6 is 22.7 Å². The quantitative estimate of drug-likeness (QED) is 0.422. The Kier molecular flexibility index (Phi) is 4.63. The Morgan fingerprint density at radius 1 is 1.00 bits per heavy atom. The number of carbonyl (C=O) groups excluding carboxylic acids is 1. The fourth-order valence-corrected chi connectivity index (χ4v) is 4.45. The molecule has 142 valence electrons. The predicted molar refractivity (Wildman–Crippen MR) is 114 cm³/mol. The summed E-state index contributed by atoms with van der Waals surface area (Å²) in [7, 11) is 0. The molecule has 0 radical (unpaired) electrons. The van der Waals surface area contributed by atoms with Gasteiger partial charge in [-0.3, -0.25) is 4.79 Å². The largest absolute Gasteiger partial charge is 0.339 e. The van der Waals surface area contributed by atoms with Crippen molar-refractivity contribution < 1.29 is 9.32 Å². The number of rotatable bonds is 5. The van der Waals surface area contributed by atoms with Gasteiger partial charge in [-0.1, -0.05) is 41.6 Å². The van der Waals surface area contributed by atoms with Crippen molar-refractivity contribution >= 4 is 44.5 Å². The summed E-state index contributed by atoms with van der Waals surface area (Å²) in [5.41, 5.74) is 2.42. The average molecular weight is 419 g/mol. The first kappa shape index (κ1) is 17.7. The minimum atomic E-state index is -0.233. The lowest BCUT2D eigenvalue weighted by molar-refractivity contribution is 0.102. The van der Waals surface area contributed by atoms with Crippen LogP contribution in [-0.4, -0.2) is 21.0 Å². The summed E-state index contributed by atoms with van der Waals surface area (Å²) in [6, 6.07) is 19.2. The second-order valence-corrected chi connectivity index (χ2v) is 8.24. The Hall–Kier alpha value is -3.36. The van der Waals surface area contributed by atoms with Crippen LogP contribution in [0.1, 0.15) is 21.3 Å². The van der Waals surface area contributed by atoms with E-state index in [9.17, 15) is 4.79 Å². The maximum atomic E-state index is 12.7. The number of carbonyl (C=O) groups is 1. The van der Waals surface area contributed by atoms with Gasteiger partial charge in [0, 0.05) is 5.69 Å². The van der Waals surface area contributed by atoms with Gasteiger partial charge >= 0.3 is 0 Å². The summed E-state index contributed by atoms with van der Waals surface area (Å²) in [5, 5.41) is 9.41. The highest BCUT2D eigenvalue weighted by molar-refractivity contribution is 7.20. The van der Waals surface area contributed by atoms with Crippen molar-refractivity contribution in [3.8, 4) is 10.7 Å². The van der Waals surface area contributed by atoms with Crippen molar-refractivity contribution in [3.63, 3.8) is 0 Å². The fraction of sp³-hybridized carbons (Fsp3) is 0.0476. The van der Waals surface area contributed by atoms with E-state index in [1.165, 1.54) is 11.3 Å². The molecule has 8 heteroatoms. The molecule has 5 rings (SSSR count). The lowest BCUT2D eigenvalue weighted by Crippen LogP contribution is -2.13. The molecule has 0 unspecified atom stereocenters. The molecule has 1 N–H and O–H groups in total. The van der Waals surface area contributed by atoms with Crippen molar-refractivity contribution in [1.29, 1.82) is 0 Å². The Labute approximate surface area is 173 Å². The van der Waals surface area contributed by atoms with Crippen molar-refractivity contribution in [1.82, 2.24) is 15.1 Å². The summed E-state index contributed by atoms with van der Waals surface area (Å²) < 4.78 is 6.38. The molecule has 3 heterocycles. The molecule has 2 aromatic carbocycles. The highest BCUT2D eigenvalue weighted by Crippen LogP contribution is 2.25. The highest BCUT2D eigenvalue weighted by atomic mass is 32.1. The van der Waals surface area contributed by atoms with Crippen LogP contribution in [0.15, 0.2) is 70.6 Å². The summed E-state index contributed by atoms with van der Waals surface area (Å²) in [4.78, 5) is 22.6. The SMILES string of the molecule is O=C(Nc1ccccc1Cc1nc(-c2cccs2)no1)c1nc2ccccc2s1. The normalized spacial score (nSPS) is 11.0. The first-order valence-electron chi connectivity index (χ1n) is 8.87. The molecule has 1 amide bonds. The van der Waals surface area contributed by atoms with E-state index in [0.717, 1.165) is 20.7 Å². The topological polar surface area (TPSA) is 80.9 Å². The van der Waals surface area contributed by atoms with Crippen LogP contribution in [0.5, 0.6) is 0 Å². The summed E-state index contributed by atoms with van der Waals surface area (Å²) in [5.74, 6) is 0.838. The molecule has 0 fully saturated rings. The molecule has 0 aliphatic rings. The number of hydrogen-bond donors (Lipinski definition) is 1. The molecule has 0 aliphatic heterocycles. The number of nitrogens with zero attached hydrogens (tertiary/aromatic N) is 3. The van der Waals surface area contributed by atoms with E-state index in [2.05, 4.69) is 20.4 Å². The number of nitrogens with one attached hydrogen (secondary N) is 1. The van der Waals surface area contributed by atoms with Crippen LogP contribution in [0, 0.1) is 0 Å². The maximum Gasteiger partial charge on any atom is 0.284 e. The maximum absolute atomic E-state index is 12.7. The van der Waals surface area contributed by atoms with Gasteiger partial charge < -0.3 is 9.84 Å². The molecule has 0 spiro atoms. The number of para-hydroxylation sites is 2. The smallest absolute Gasteiger partial charge is 0.284 e. The van der Waals surface area contributed by atoms with Gasteiger partial charge in [0.1, 0.15) is 0 Å². The van der Waals surface area contributed by atoms with Gasteiger partial charge in [0.15, 0.2) is 5.01 Å². The van der Waals surface area contributed by atoms with Crippen LogP contribution in [-0.2, 0) is 6.42 Å². The molecule has 0 aliphatic carbocycles. The summed E-state index contributed by atoms with van der Waals surface area (Å²) in [6.45, 7) is 0. The van der Waals surface area contributed by atoms with Crippen LogP contribution in [0.4, 0.5) is 5.69 Å². The van der Waals surface area contributed by atoms with E-state index < -0.39 is 0 Å². The third-order valence-corrected chi connectivity index (χ3v) is 6.21. The Morgan fingerprint density at radius 2 is 1.86 bits per heavy atom. The van der Waals surface area contributed by atoms with Gasteiger partial charge in [0.05, 0.1) is 21.5 Å². The molecule has 6 nitrogen and oxygen atoms in total. The molecule has 0 bridgehead atoms. The number of anilines is 1. The summed E-state index contributed by atoms with van der Waals surface area (Å²) in [6.07, 6.45) is 0.425. The molecular formula is C21H14N4O2S2. The minimum absolute atomic E-state index is 0.233. The van der Waals surface area contributed by atoms with Gasteiger partial charge in [-0.05, 0) is 35.2 Å². The van der Waals surface area contributed by atoms with Gasteiger partial charge in [-0.2, -0.15) is 4.98 Å². The van der Waals surface area contributed by atoms with E-state index in [1.807, 2.05) is 66.0 Å². The van der Waals surface area contributed by atoms with Crippen LogP contribution < -0.4 is 5.32 Å². The fourth-order valence-electron chi connectivity index (χ4n) is 2.94. The van der Waals surface area contributed by atoms with Gasteiger partial charge in [0.2, 0.25) is 11.7 Å². The molecule has 0 saturated heterocycles. The highest BCUT2D eigenvalue weighted by Gasteiger charge is 2.16. The third kappa shape index (κ3) is 3.67. The second kappa shape index (κ2) is 7.57. The second-order valence-electron chi connectivity index (χ2n) is 6.26. The number of aromatic nitrogens is 3. The van der Waals surface area contributed by atoms with Gasteiger partial charge in [0.25, 0.3) is 5.91 Å². The standard InChI is InChI=1S/C21H14N4O2S2/c26-20(21-23-15-8-3-4-9-16(15)29-21)22-14-7-2-1-6-13(14)12-18-24-19(25-27-18)17-10-5-11-28-17/h1-11H,12H2,(H,22,26). The molecule has 0 saturated carbocycles. The monoisotopic (exact) mass is 418 g/mol.